The van der Waals surface area contributed by atoms with Gasteiger partial charge in [0.1, 0.15) is 5.82 Å². The number of aromatic nitrogens is 1. The summed E-state index contributed by atoms with van der Waals surface area (Å²) in [6, 6.07) is 3.88. The lowest BCUT2D eigenvalue weighted by Crippen LogP contribution is -2.27. The Morgan fingerprint density at radius 1 is 1.50 bits per heavy atom. The summed E-state index contributed by atoms with van der Waals surface area (Å²) in [6.07, 6.45) is 1.76. The molecule has 0 aliphatic rings. The molecule has 0 fully saturated rings. The lowest BCUT2D eigenvalue weighted by molar-refractivity contribution is -0.124. The Labute approximate surface area is 96.7 Å². The molecule has 16 heavy (non-hydrogen) atoms. The molecule has 0 radical (unpaired) electrons. The van der Waals surface area contributed by atoms with E-state index in [1.165, 1.54) is 0 Å². The molecule has 4 heteroatoms. The van der Waals surface area contributed by atoms with Crippen molar-refractivity contribution in [2.45, 2.75) is 20.4 Å². The Hall–Kier alpha value is -1.58. The second-order valence-electron chi connectivity index (χ2n) is 4.29. The largest absolute Gasteiger partial charge is 0.363 e. The van der Waals surface area contributed by atoms with Crippen LogP contribution in [-0.2, 0) is 11.3 Å². The van der Waals surface area contributed by atoms with Crippen LogP contribution in [-0.4, -0.2) is 25.0 Å². The zero-order chi connectivity index (χ0) is 12.1. The van der Waals surface area contributed by atoms with Crippen molar-refractivity contribution in [2.24, 2.45) is 5.92 Å². The summed E-state index contributed by atoms with van der Waals surface area (Å²) in [5, 5.41) is 2.88. The molecule has 0 unspecified atom stereocenters. The van der Waals surface area contributed by atoms with Crippen LogP contribution in [0.5, 0.6) is 0 Å². The van der Waals surface area contributed by atoms with Gasteiger partial charge in [0, 0.05) is 32.8 Å². The van der Waals surface area contributed by atoms with Crippen LogP contribution in [0.2, 0.25) is 0 Å². The first-order valence-electron chi connectivity index (χ1n) is 5.40. The highest BCUT2D eigenvalue weighted by atomic mass is 16.1. The maximum absolute atomic E-state index is 11.4. The number of nitrogens with zero attached hydrogens (tertiary/aromatic N) is 2. The molecule has 0 aromatic carbocycles. The fraction of sp³-hybridized carbons (Fsp3) is 0.500. The van der Waals surface area contributed by atoms with Gasteiger partial charge in [-0.15, -0.1) is 0 Å². The number of nitrogens with one attached hydrogen (secondary N) is 1. The van der Waals surface area contributed by atoms with Crippen molar-refractivity contribution in [3.63, 3.8) is 0 Å². The standard InChI is InChI=1S/C12H19N3O/c1-9(2)12(16)14-8-10-5-6-13-11(7-10)15(3)4/h5-7,9H,8H2,1-4H3,(H,14,16). The van der Waals surface area contributed by atoms with Gasteiger partial charge in [0.2, 0.25) is 5.91 Å². The van der Waals surface area contributed by atoms with Crippen molar-refractivity contribution in [1.82, 2.24) is 10.3 Å². The van der Waals surface area contributed by atoms with Crippen molar-refractivity contribution in [3.05, 3.63) is 23.9 Å². The third kappa shape index (κ3) is 3.53. The predicted molar refractivity (Wildman–Crippen MR) is 65.2 cm³/mol. The monoisotopic (exact) mass is 221 g/mol. The Bertz CT molecular complexity index is 361. The number of rotatable bonds is 4. The van der Waals surface area contributed by atoms with Crippen LogP contribution >= 0.6 is 0 Å². The first-order chi connectivity index (χ1) is 7.50. The highest BCUT2D eigenvalue weighted by molar-refractivity contribution is 5.77. The summed E-state index contributed by atoms with van der Waals surface area (Å²) in [4.78, 5) is 17.6. The summed E-state index contributed by atoms with van der Waals surface area (Å²) >= 11 is 0. The van der Waals surface area contributed by atoms with E-state index < -0.39 is 0 Å². The molecule has 0 atom stereocenters. The van der Waals surface area contributed by atoms with Gasteiger partial charge in [0.25, 0.3) is 0 Å². The molecule has 88 valence electrons. The van der Waals surface area contributed by atoms with Crippen LogP contribution in [0.25, 0.3) is 0 Å². The molecule has 0 spiro atoms. The number of carbonyl (C=O) groups excluding carboxylic acids is 1. The Morgan fingerprint density at radius 3 is 2.75 bits per heavy atom. The third-order valence-corrected chi connectivity index (χ3v) is 2.26. The summed E-state index contributed by atoms with van der Waals surface area (Å²) in [6.45, 7) is 4.32. The molecule has 0 aliphatic heterocycles. The lowest BCUT2D eigenvalue weighted by atomic mass is 10.2. The van der Waals surface area contributed by atoms with Crippen LogP contribution in [0.1, 0.15) is 19.4 Å². The molecule has 4 nitrogen and oxygen atoms in total. The predicted octanol–water partition coefficient (Wildman–Crippen LogP) is 1.42. The van der Waals surface area contributed by atoms with Gasteiger partial charge in [-0.05, 0) is 17.7 Å². The molecule has 0 saturated heterocycles. The minimum Gasteiger partial charge on any atom is -0.363 e. The molecule has 0 aliphatic carbocycles. The zero-order valence-corrected chi connectivity index (χ0v) is 10.3. The SMILES string of the molecule is CC(C)C(=O)NCc1ccnc(N(C)C)c1. The topological polar surface area (TPSA) is 45.2 Å². The summed E-state index contributed by atoms with van der Waals surface area (Å²) in [5.41, 5.74) is 1.06. The maximum atomic E-state index is 11.4. The molecule has 1 aromatic heterocycles. The Morgan fingerprint density at radius 2 is 2.19 bits per heavy atom. The number of amides is 1. The van der Waals surface area contributed by atoms with Gasteiger partial charge in [0.05, 0.1) is 0 Å². The fourth-order valence-corrected chi connectivity index (χ4v) is 1.21. The van der Waals surface area contributed by atoms with Gasteiger partial charge in [-0.1, -0.05) is 13.8 Å². The van der Waals surface area contributed by atoms with Crippen molar-refractivity contribution in [3.8, 4) is 0 Å². The first kappa shape index (κ1) is 12.5. The van der Waals surface area contributed by atoms with E-state index in [9.17, 15) is 4.79 Å². The van der Waals surface area contributed by atoms with Gasteiger partial charge in [0.15, 0.2) is 0 Å². The summed E-state index contributed by atoms with van der Waals surface area (Å²) in [7, 11) is 3.89. The average Bonchev–Trinajstić information content (AvgIpc) is 2.26. The van der Waals surface area contributed by atoms with E-state index in [2.05, 4.69) is 10.3 Å². The van der Waals surface area contributed by atoms with Crippen molar-refractivity contribution in [2.75, 3.05) is 19.0 Å². The van der Waals surface area contributed by atoms with Crippen molar-refractivity contribution >= 4 is 11.7 Å². The molecule has 1 rings (SSSR count). The van der Waals surface area contributed by atoms with E-state index in [-0.39, 0.29) is 11.8 Å². The molecule has 1 aromatic rings. The van der Waals surface area contributed by atoms with E-state index in [0.29, 0.717) is 6.54 Å². The molecule has 0 bridgehead atoms. The minimum atomic E-state index is 0.0233. The van der Waals surface area contributed by atoms with E-state index in [0.717, 1.165) is 11.4 Å². The van der Waals surface area contributed by atoms with Gasteiger partial charge < -0.3 is 10.2 Å². The minimum absolute atomic E-state index is 0.0233. The maximum Gasteiger partial charge on any atom is 0.222 e. The lowest BCUT2D eigenvalue weighted by Gasteiger charge is -2.13. The number of hydrogen-bond acceptors (Lipinski definition) is 3. The quantitative estimate of drug-likeness (QED) is 0.836. The number of pyridine rings is 1. The second-order valence-corrected chi connectivity index (χ2v) is 4.29. The number of anilines is 1. The molecule has 1 N–H and O–H groups in total. The highest BCUT2D eigenvalue weighted by Crippen LogP contribution is 2.09. The molecule has 1 amide bonds. The van der Waals surface area contributed by atoms with Crippen molar-refractivity contribution in [1.29, 1.82) is 0 Å². The van der Waals surface area contributed by atoms with Crippen molar-refractivity contribution < 1.29 is 4.79 Å². The highest BCUT2D eigenvalue weighted by Gasteiger charge is 2.06. The molecular formula is C12H19N3O. The van der Waals surface area contributed by atoms with E-state index in [1.54, 1.807) is 6.20 Å². The summed E-state index contributed by atoms with van der Waals surface area (Å²) < 4.78 is 0. The van der Waals surface area contributed by atoms with E-state index in [1.807, 2.05) is 45.0 Å². The number of hydrogen-bond donors (Lipinski definition) is 1. The van der Waals surface area contributed by atoms with E-state index >= 15 is 0 Å². The van der Waals surface area contributed by atoms with Crippen LogP contribution < -0.4 is 10.2 Å². The number of carbonyl (C=O) groups is 1. The van der Waals surface area contributed by atoms with E-state index in [4.69, 9.17) is 0 Å². The van der Waals surface area contributed by atoms with Crippen LogP contribution in [0.3, 0.4) is 0 Å². The van der Waals surface area contributed by atoms with Crippen LogP contribution in [0, 0.1) is 5.92 Å². The van der Waals surface area contributed by atoms with Gasteiger partial charge >= 0.3 is 0 Å². The molecule has 0 saturated carbocycles. The zero-order valence-electron chi connectivity index (χ0n) is 10.3. The average molecular weight is 221 g/mol. The normalized spacial score (nSPS) is 10.3. The van der Waals surface area contributed by atoms with Crippen LogP contribution in [0.4, 0.5) is 5.82 Å². The molecule has 1 heterocycles. The smallest absolute Gasteiger partial charge is 0.222 e. The third-order valence-electron chi connectivity index (χ3n) is 2.26. The Kier molecular flexibility index (Phi) is 4.28. The van der Waals surface area contributed by atoms with Gasteiger partial charge in [-0.25, -0.2) is 4.98 Å². The van der Waals surface area contributed by atoms with Crippen LogP contribution in [0.15, 0.2) is 18.3 Å². The first-order valence-corrected chi connectivity index (χ1v) is 5.40. The molecular weight excluding hydrogens is 202 g/mol. The second kappa shape index (κ2) is 5.49. The van der Waals surface area contributed by atoms with Gasteiger partial charge in [-0.3, -0.25) is 4.79 Å². The fourth-order valence-electron chi connectivity index (χ4n) is 1.21. The Balaban J connectivity index is 2.61. The summed E-state index contributed by atoms with van der Waals surface area (Å²) in [5.74, 6) is 0.995. The van der Waals surface area contributed by atoms with Gasteiger partial charge in [-0.2, -0.15) is 0 Å².